The molecule has 0 atom stereocenters. The van der Waals surface area contributed by atoms with E-state index in [0.717, 1.165) is 105 Å². The summed E-state index contributed by atoms with van der Waals surface area (Å²) in [6.45, 7) is 0. The first-order chi connectivity index (χ1) is 26.8. The highest BCUT2D eigenvalue weighted by Crippen LogP contribution is 2.44. The van der Waals surface area contributed by atoms with Gasteiger partial charge in [-0.25, -0.2) is 9.97 Å². The van der Waals surface area contributed by atoms with Gasteiger partial charge >= 0.3 is 0 Å². The standard InChI is InChI=1S/C50H30N2O2/c1-3-14-31(15-4-1)33-20-11-21-38-35(33)29-28-34(32-16-5-2-6-17-32)47(38)50-51-43(41-24-12-22-39-36-18-7-9-26-45(36)53-48(39)41)30-44(52-50)42-25-13-23-40-37-19-8-10-27-46(37)54-49(40)42/h1-30H. The summed E-state index contributed by atoms with van der Waals surface area (Å²) in [4.78, 5) is 11.0. The first-order valence-corrected chi connectivity index (χ1v) is 18.2. The van der Waals surface area contributed by atoms with Crippen LogP contribution in [0.15, 0.2) is 191 Å². The number of hydrogen-bond acceptors (Lipinski definition) is 4. The van der Waals surface area contributed by atoms with Crippen molar-refractivity contribution in [2.24, 2.45) is 0 Å². The van der Waals surface area contributed by atoms with E-state index in [1.807, 2.05) is 36.4 Å². The quantitative estimate of drug-likeness (QED) is 0.180. The Kier molecular flexibility index (Phi) is 6.82. The average molecular weight is 691 g/mol. The Labute approximate surface area is 310 Å². The predicted octanol–water partition coefficient (Wildman–Crippen LogP) is 13.8. The fourth-order valence-corrected chi connectivity index (χ4v) is 8.06. The molecule has 4 heteroatoms. The molecular weight excluding hydrogens is 661 g/mol. The van der Waals surface area contributed by atoms with E-state index in [0.29, 0.717) is 5.82 Å². The van der Waals surface area contributed by atoms with Gasteiger partial charge in [0.1, 0.15) is 22.3 Å². The Morgan fingerprint density at radius 3 is 1.35 bits per heavy atom. The number of rotatable bonds is 5. The minimum absolute atomic E-state index is 0.624. The van der Waals surface area contributed by atoms with Crippen molar-refractivity contribution in [3.8, 4) is 56.2 Å². The van der Waals surface area contributed by atoms with Crippen LogP contribution in [0.2, 0.25) is 0 Å². The van der Waals surface area contributed by atoms with Crippen LogP contribution < -0.4 is 0 Å². The molecule has 0 saturated heterocycles. The molecular formula is C50H30N2O2. The first-order valence-electron chi connectivity index (χ1n) is 18.2. The molecule has 0 bridgehead atoms. The molecule has 8 aromatic carbocycles. The Morgan fingerprint density at radius 1 is 0.315 bits per heavy atom. The number of furan rings is 2. The molecule has 0 saturated carbocycles. The fourth-order valence-electron chi connectivity index (χ4n) is 8.06. The van der Waals surface area contributed by atoms with E-state index in [-0.39, 0.29) is 0 Å². The van der Waals surface area contributed by atoms with Crippen molar-refractivity contribution < 1.29 is 8.83 Å². The molecule has 0 spiro atoms. The molecule has 4 nitrogen and oxygen atoms in total. The molecule has 252 valence electrons. The Morgan fingerprint density at radius 2 is 0.778 bits per heavy atom. The summed E-state index contributed by atoms with van der Waals surface area (Å²) in [7, 11) is 0. The number of benzene rings is 8. The monoisotopic (exact) mass is 690 g/mol. The molecule has 0 amide bonds. The third-order valence-electron chi connectivity index (χ3n) is 10.5. The van der Waals surface area contributed by atoms with Gasteiger partial charge < -0.3 is 8.83 Å². The van der Waals surface area contributed by atoms with Crippen molar-refractivity contribution in [1.29, 1.82) is 0 Å². The summed E-state index contributed by atoms with van der Waals surface area (Å²) in [6.07, 6.45) is 0. The van der Waals surface area contributed by atoms with E-state index in [4.69, 9.17) is 18.8 Å². The van der Waals surface area contributed by atoms with Crippen molar-refractivity contribution in [2.75, 3.05) is 0 Å². The minimum Gasteiger partial charge on any atom is -0.455 e. The molecule has 11 aromatic rings. The molecule has 0 fully saturated rings. The number of hydrogen-bond donors (Lipinski definition) is 0. The van der Waals surface area contributed by atoms with Crippen molar-refractivity contribution in [1.82, 2.24) is 9.97 Å². The third kappa shape index (κ3) is 4.78. The SMILES string of the molecule is c1ccc(-c2ccc3c(-c4ccccc4)cccc3c2-c2nc(-c3cccc4c3oc3ccccc34)cc(-c3cccc4c3oc3ccccc34)n2)cc1. The summed E-state index contributed by atoms with van der Waals surface area (Å²) in [5.74, 6) is 0.624. The lowest BCUT2D eigenvalue weighted by molar-refractivity contribution is 0.669. The maximum atomic E-state index is 6.59. The summed E-state index contributed by atoms with van der Waals surface area (Å²) in [5.41, 5.74) is 12.0. The molecule has 0 aliphatic rings. The lowest BCUT2D eigenvalue weighted by Crippen LogP contribution is -1.99. The summed E-state index contributed by atoms with van der Waals surface area (Å²) < 4.78 is 13.2. The number of aromatic nitrogens is 2. The summed E-state index contributed by atoms with van der Waals surface area (Å²) in [6, 6.07) is 63.1. The maximum absolute atomic E-state index is 6.59. The van der Waals surface area contributed by atoms with Crippen molar-refractivity contribution in [3.05, 3.63) is 182 Å². The predicted molar refractivity (Wildman–Crippen MR) is 221 cm³/mol. The third-order valence-corrected chi connectivity index (χ3v) is 10.5. The summed E-state index contributed by atoms with van der Waals surface area (Å²) in [5, 5.41) is 6.45. The molecule has 11 rings (SSSR count). The fraction of sp³-hybridized carbons (Fsp3) is 0. The van der Waals surface area contributed by atoms with Gasteiger partial charge in [-0.1, -0.05) is 152 Å². The van der Waals surface area contributed by atoms with E-state index in [9.17, 15) is 0 Å². The van der Waals surface area contributed by atoms with E-state index in [1.165, 1.54) is 0 Å². The van der Waals surface area contributed by atoms with Crippen LogP contribution >= 0.6 is 0 Å². The lowest BCUT2D eigenvalue weighted by atomic mass is 9.90. The van der Waals surface area contributed by atoms with Crippen LogP contribution in [-0.2, 0) is 0 Å². The van der Waals surface area contributed by atoms with Crippen LogP contribution in [0.4, 0.5) is 0 Å². The van der Waals surface area contributed by atoms with Crippen LogP contribution in [0.3, 0.4) is 0 Å². The number of para-hydroxylation sites is 4. The Balaban J connectivity index is 1.25. The van der Waals surface area contributed by atoms with Crippen LogP contribution in [0, 0.1) is 0 Å². The van der Waals surface area contributed by atoms with E-state index in [1.54, 1.807) is 0 Å². The lowest BCUT2D eigenvalue weighted by Gasteiger charge is -2.17. The topological polar surface area (TPSA) is 52.1 Å². The zero-order valence-electron chi connectivity index (χ0n) is 29.0. The smallest absolute Gasteiger partial charge is 0.161 e. The second-order valence-electron chi connectivity index (χ2n) is 13.6. The van der Waals surface area contributed by atoms with E-state index >= 15 is 0 Å². The number of nitrogens with zero attached hydrogens (tertiary/aromatic N) is 2. The van der Waals surface area contributed by atoms with Crippen molar-refractivity contribution in [2.45, 2.75) is 0 Å². The largest absolute Gasteiger partial charge is 0.455 e. The summed E-state index contributed by atoms with van der Waals surface area (Å²) >= 11 is 0. The van der Waals surface area contributed by atoms with Gasteiger partial charge in [0, 0.05) is 38.2 Å². The van der Waals surface area contributed by atoms with Gasteiger partial charge in [-0.15, -0.1) is 0 Å². The van der Waals surface area contributed by atoms with E-state index in [2.05, 4.69) is 146 Å². The molecule has 3 aromatic heterocycles. The van der Waals surface area contributed by atoms with Crippen LogP contribution in [-0.4, -0.2) is 9.97 Å². The van der Waals surface area contributed by atoms with Gasteiger partial charge in [-0.05, 0) is 63.4 Å². The van der Waals surface area contributed by atoms with Crippen LogP contribution in [0.25, 0.3) is 111 Å². The second kappa shape index (κ2) is 12.1. The molecule has 54 heavy (non-hydrogen) atoms. The zero-order chi connectivity index (χ0) is 35.6. The van der Waals surface area contributed by atoms with Crippen LogP contribution in [0.1, 0.15) is 0 Å². The van der Waals surface area contributed by atoms with Crippen molar-refractivity contribution in [3.63, 3.8) is 0 Å². The molecule has 0 N–H and O–H groups in total. The van der Waals surface area contributed by atoms with Gasteiger partial charge in [-0.2, -0.15) is 0 Å². The van der Waals surface area contributed by atoms with Gasteiger partial charge in [0.2, 0.25) is 0 Å². The molecule has 0 aliphatic carbocycles. The molecule has 0 unspecified atom stereocenters. The van der Waals surface area contributed by atoms with Gasteiger partial charge in [-0.3, -0.25) is 0 Å². The van der Waals surface area contributed by atoms with E-state index < -0.39 is 0 Å². The minimum atomic E-state index is 0.624. The Bertz CT molecular complexity index is 3080. The molecule has 0 aliphatic heterocycles. The van der Waals surface area contributed by atoms with Crippen LogP contribution in [0.5, 0.6) is 0 Å². The Hall–Kier alpha value is -7.30. The highest BCUT2D eigenvalue weighted by atomic mass is 16.3. The van der Waals surface area contributed by atoms with Crippen molar-refractivity contribution >= 4 is 54.6 Å². The second-order valence-corrected chi connectivity index (χ2v) is 13.6. The normalized spacial score (nSPS) is 11.7. The van der Waals surface area contributed by atoms with Gasteiger partial charge in [0.25, 0.3) is 0 Å². The maximum Gasteiger partial charge on any atom is 0.161 e. The highest BCUT2D eigenvalue weighted by molar-refractivity contribution is 6.12. The zero-order valence-corrected chi connectivity index (χ0v) is 29.0. The highest BCUT2D eigenvalue weighted by Gasteiger charge is 2.22. The van der Waals surface area contributed by atoms with Gasteiger partial charge in [0.05, 0.1) is 11.4 Å². The first kappa shape index (κ1) is 30.3. The number of fused-ring (bicyclic) bond motifs is 7. The molecule has 0 radical (unpaired) electrons. The average Bonchev–Trinajstić information content (AvgIpc) is 3.82. The molecule has 3 heterocycles. The van der Waals surface area contributed by atoms with Gasteiger partial charge in [0.15, 0.2) is 5.82 Å².